The van der Waals surface area contributed by atoms with Gasteiger partial charge in [0, 0.05) is 0 Å². The van der Waals surface area contributed by atoms with E-state index in [1.54, 1.807) is 0 Å². The third-order valence-corrected chi connectivity index (χ3v) is 0.981. The molecule has 0 bridgehead atoms. The summed E-state index contributed by atoms with van der Waals surface area (Å²) in [4.78, 5) is 19.7. The Morgan fingerprint density at radius 3 is 2.17 bits per heavy atom. The predicted molar refractivity (Wildman–Crippen MR) is 30.6 cm³/mol. The quantitative estimate of drug-likeness (QED) is 0.257. The Hall–Kier alpha value is -0.370. The van der Waals surface area contributed by atoms with Gasteiger partial charge in [0.05, 0.1) is 12.1 Å². The molecule has 0 aromatic heterocycles. The molecule has 0 aliphatic carbocycles. The number of nitro groups is 1. The van der Waals surface area contributed by atoms with Crippen LogP contribution in [-0.2, 0) is 4.79 Å². The Morgan fingerprint density at radius 1 is 1.67 bits per heavy atom. The molecule has 0 aliphatic heterocycles. The molecule has 64 valence electrons. The fraction of sp³-hybridized carbons (Fsp3) is 0.750. The normalized spacial score (nSPS) is 13.8. The number of aliphatic hydroxyl groups excluding tert-OH is 1. The summed E-state index contributed by atoms with van der Waals surface area (Å²) in [5.74, 6) is -1.71. The van der Waals surface area contributed by atoms with E-state index in [0.717, 1.165) is 6.92 Å². The topological polar surface area (TPSA) is 116 Å². The van der Waals surface area contributed by atoms with Crippen LogP contribution in [0.2, 0.25) is 0 Å². The van der Waals surface area contributed by atoms with Crippen molar-refractivity contribution in [2.75, 3.05) is 0 Å². The molecular formula is C4H7N2NaO5. The summed E-state index contributed by atoms with van der Waals surface area (Å²) < 4.78 is 0. The smallest absolute Gasteiger partial charge is 0.548 e. The maximum Gasteiger partial charge on any atom is 1.00 e. The number of carboxylic acids is 1. The van der Waals surface area contributed by atoms with Crippen molar-refractivity contribution in [3.8, 4) is 0 Å². The Bertz CT molecular complexity index is 173. The van der Waals surface area contributed by atoms with Crippen molar-refractivity contribution in [1.29, 1.82) is 0 Å². The molecular weight excluding hydrogens is 179 g/mol. The van der Waals surface area contributed by atoms with Crippen LogP contribution >= 0.6 is 0 Å². The molecule has 0 unspecified atom stereocenters. The second-order valence-corrected chi connectivity index (χ2v) is 1.92. The zero-order valence-corrected chi connectivity index (χ0v) is 8.68. The molecule has 0 aromatic rings. The maximum atomic E-state index is 10.0. The van der Waals surface area contributed by atoms with Crippen LogP contribution < -0.4 is 40.1 Å². The minimum Gasteiger partial charge on any atom is -0.548 e. The van der Waals surface area contributed by atoms with Crippen LogP contribution in [0.15, 0.2) is 0 Å². The first kappa shape index (κ1) is 14.2. The molecule has 2 N–H and O–H groups in total. The molecule has 8 heteroatoms. The van der Waals surface area contributed by atoms with Crippen LogP contribution in [0.25, 0.3) is 0 Å². The van der Waals surface area contributed by atoms with Gasteiger partial charge in [0.2, 0.25) is 0 Å². The summed E-state index contributed by atoms with van der Waals surface area (Å²) in [5, 5.41) is 27.3. The van der Waals surface area contributed by atoms with E-state index in [1.807, 2.05) is 0 Å². The van der Waals surface area contributed by atoms with Crippen LogP contribution in [0.4, 0.5) is 0 Å². The van der Waals surface area contributed by atoms with Gasteiger partial charge in [-0.05, 0) is 6.92 Å². The van der Waals surface area contributed by atoms with Gasteiger partial charge in [-0.15, -0.1) is 5.43 Å². The molecule has 0 radical (unpaired) electrons. The number of carbonyl (C=O) groups is 1. The fourth-order valence-electron chi connectivity index (χ4n) is 0.471. The van der Waals surface area contributed by atoms with Crippen molar-refractivity contribution >= 4 is 5.97 Å². The van der Waals surface area contributed by atoms with Crippen molar-refractivity contribution in [2.45, 2.75) is 19.1 Å². The van der Waals surface area contributed by atoms with E-state index in [1.165, 1.54) is 5.43 Å². The van der Waals surface area contributed by atoms with Crippen molar-refractivity contribution in [3.63, 3.8) is 0 Å². The fourth-order valence-corrected chi connectivity index (χ4v) is 0.471. The number of rotatable bonds is 4. The largest absolute Gasteiger partial charge is 1.00 e. The van der Waals surface area contributed by atoms with Crippen LogP contribution in [0, 0.1) is 10.1 Å². The first-order chi connectivity index (χ1) is 4.95. The van der Waals surface area contributed by atoms with E-state index in [-0.39, 0.29) is 29.6 Å². The van der Waals surface area contributed by atoms with Gasteiger partial charge in [0.25, 0.3) is 0 Å². The zero-order chi connectivity index (χ0) is 9.02. The molecule has 2 atom stereocenters. The molecule has 0 rings (SSSR count). The van der Waals surface area contributed by atoms with Crippen molar-refractivity contribution in [2.24, 2.45) is 0 Å². The van der Waals surface area contributed by atoms with E-state index < -0.39 is 23.1 Å². The Kier molecular flexibility index (Phi) is 7.30. The first-order valence-corrected chi connectivity index (χ1v) is 2.74. The van der Waals surface area contributed by atoms with Gasteiger partial charge in [0.1, 0.15) is 0 Å². The predicted octanol–water partition coefficient (Wildman–Crippen LogP) is -5.73. The Labute approximate surface area is 90.2 Å². The summed E-state index contributed by atoms with van der Waals surface area (Å²) in [6, 6.07) is -1.68. The van der Waals surface area contributed by atoms with Crippen molar-refractivity contribution in [3.05, 3.63) is 10.1 Å². The second kappa shape index (κ2) is 6.18. The van der Waals surface area contributed by atoms with Crippen LogP contribution in [-0.4, -0.2) is 28.3 Å². The minimum atomic E-state index is -1.71. The SMILES string of the molecule is C[C@@H](O)[C@H](N[N+](=O)[O-])C(=O)[O-].[Na+]. The van der Waals surface area contributed by atoms with E-state index in [2.05, 4.69) is 0 Å². The van der Waals surface area contributed by atoms with Gasteiger partial charge < -0.3 is 15.0 Å². The van der Waals surface area contributed by atoms with Gasteiger partial charge in [-0.1, -0.05) is 0 Å². The summed E-state index contributed by atoms with van der Waals surface area (Å²) in [5.41, 5.74) is 1.39. The maximum absolute atomic E-state index is 10.0. The summed E-state index contributed by atoms with van der Waals surface area (Å²) >= 11 is 0. The van der Waals surface area contributed by atoms with Gasteiger partial charge >= 0.3 is 29.6 Å². The first-order valence-electron chi connectivity index (χ1n) is 2.74. The van der Waals surface area contributed by atoms with Gasteiger partial charge in [-0.25, -0.2) is 10.1 Å². The minimum absolute atomic E-state index is 0. The molecule has 0 heterocycles. The van der Waals surface area contributed by atoms with Gasteiger partial charge in [-0.3, -0.25) is 0 Å². The van der Waals surface area contributed by atoms with Crippen molar-refractivity contribution < 1.29 is 49.6 Å². The molecule has 0 aromatic carbocycles. The standard InChI is InChI=1S/C4H8N2O5.Na/c1-2(7)3(4(8)9)5-6(10)11;/h2-3,5,7H,1H3,(H,8,9);/q;+1/p-1/t2-,3+;/m1./s1. The summed E-state index contributed by atoms with van der Waals surface area (Å²) in [6.45, 7) is 1.11. The zero-order valence-electron chi connectivity index (χ0n) is 6.68. The average Bonchev–Trinajstić information content (AvgIpc) is 1.81. The van der Waals surface area contributed by atoms with Gasteiger partial charge in [-0.2, -0.15) is 0 Å². The number of hydrogen-bond donors (Lipinski definition) is 2. The Balaban J connectivity index is 0. The number of hydrazine groups is 1. The number of nitrogens with one attached hydrogen (secondary N) is 1. The van der Waals surface area contributed by atoms with Crippen molar-refractivity contribution in [1.82, 2.24) is 5.43 Å². The molecule has 0 aliphatic rings. The molecule has 0 spiro atoms. The van der Waals surface area contributed by atoms with Crippen LogP contribution in [0.3, 0.4) is 0 Å². The molecule has 0 amide bonds. The average molecular weight is 186 g/mol. The Morgan fingerprint density at radius 2 is 2.08 bits per heavy atom. The molecule has 0 fully saturated rings. The molecule has 0 saturated carbocycles. The number of aliphatic carboxylic acids is 1. The summed E-state index contributed by atoms with van der Waals surface area (Å²) in [6.07, 6.45) is -1.37. The number of hydrogen-bond acceptors (Lipinski definition) is 5. The van der Waals surface area contributed by atoms with Crippen LogP contribution in [0.5, 0.6) is 0 Å². The summed E-state index contributed by atoms with van der Waals surface area (Å²) in [7, 11) is 0. The molecule has 0 saturated heterocycles. The molecule has 7 nitrogen and oxygen atoms in total. The third-order valence-electron chi connectivity index (χ3n) is 0.981. The van der Waals surface area contributed by atoms with Crippen LogP contribution in [0.1, 0.15) is 6.92 Å². The third kappa shape index (κ3) is 5.30. The van der Waals surface area contributed by atoms with E-state index in [4.69, 9.17) is 5.11 Å². The van der Waals surface area contributed by atoms with Gasteiger partial charge in [0.15, 0.2) is 11.1 Å². The number of aliphatic hydroxyl groups is 1. The number of nitrogens with zero attached hydrogens (tertiary/aromatic N) is 1. The van der Waals surface area contributed by atoms with E-state index >= 15 is 0 Å². The second-order valence-electron chi connectivity index (χ2n) is 1.92. The van der Waals surface area contributed by atoms with E-state index in [0.29, 0.717) is 0 Å². The number of carbonyl (C=O) groups excluding carboxylic acids is 1. The number of carboxylic acid groups (broad SMARTS) is 1. The van der Waals surface area contributed by atoms with E-state index in [9.17, 15) is 20.0 Å². The molecule has 12 heavy (non-hydrogen) atoms. The monoisotopic (exact) mass is 186 g/mol.